The summed E-state index contributed by atoms with van der Waals surface area (Å²) in [6.45, 7) is 7.20. The standard InChI is InChI=1S/C17H24N2O3S/c1-4-5-10-22-15-11-14(17(15,2)3)18-16-12-8-6-7-9-13(12)23(20,21)19-16/h6-9,14-15H,4-5,10-11H2,1-3H3,(H,18,19). The molecule has 0 bridgehead atoms. The molecule has 1 N–H and O–H groups in total. The minimum Gasteiger partial charge on any atom is -0.377 e. The predicted octanol–water partition coefficient (Wildman–Crippen LogP) is 2.71. The third kappa shape index (κ3) is 2.90. The Balaban J connectivity index is 1.77. The van der Waals surface area contributed by atoms with Gasteiger partial charge in [0.15, 0.2) is 0 Å². The molecule has 2 atom stereocenters. The molecule has 3 rings (SSSR count). The average molecular weight is 336 g/mol. The minimum absolute atomic E-state index is 0.0676. The Morgan fingerprint density at radius 3 is 2.78 bits per heavy atom. The molecule has 0 amide bonds. The van der Waals surface area contributed by atoms with E-state index >= 15 is 0 Å². The Labute approximate surface area is 138 Å². The lowest BCUT2D eigenvalue weighted by molar-refractivity contribution is -0.107. The number of unbranched alkanes of at least 4 members (excludes halogenated alkanes) is 1. The molecule has 1 heterocycles. The summed E-state index contributed by atoms with van der Waals surface area (Å²) in [5.74, 6) is 0.464. The minimum atomic E-state index is -3.46. The van der Waals surface area contributed by atoms with Crippen LogP contribution in [0.1, 0.15) is 45.6 Å². The second kappa shape index (κ2) is 5.91. The molecule has 126 valence electrons. The summed E-state index contributed by atoms with van der Waals surface area (Å²) in [6.07, 6.45) is 3.22. The Morgan fingerprint density at radius 2 is 2.09 bits per heavy atom. The third-order valence-corrected chi connectivity index (χ3v) is 6.29. The van der Waals surface area contributed by atoms with Gasteiger partial charge in [-0.15, -0.1) is 0 Å². The van der Waals surface area contributed by atoms with Crippen LogP contribution in [0.3, 0.4) is 0 Å². The average Bonchev–Trinajstić information content (AvgIpc) is 2.77. The fourth-order valence-electron chi connectivity index (χ4n) is 3.12. The normalized spacial score (nSPS) is 28.9. The maximum atomic E-state index is 12.1. The van der Waals surface area contributed by atoms with E-state index in [-0.39, 0.29) is 17.6 Å². The number of aliphatic imine (C=N–C) groups is 1. The molecule has 0 aromatic heterocycles. The van der Waals surface area contributed by atoms with Crippen LogP contribution in [-0.2, 0) is 14.8 Å². The highest BCUT2D eigenvalue weighted by molar-refractivity contribution is 7.90. The lowest BCUT2D eigenvalue weighted by Gasteiger charge is -2.49. The summed E-state index contributed by atoms with van der Waals surface area (Å²) in [6, 6.07) is 7.04. The first-order chi connectivity index (χ1) is 10.9. The zero-order chi connectivity index (χ0) is 16.7. The fourth-order valence-corrected chi connectivity index (χ4v) is 4.36. The number of rotatable bonds is 5. The van der Waals surface area contributed by atoms with Crippen molar-refractivity contribution in [1.29, 1.82) is 0 Å². The molecule has 1 aliphatic heterocycles. The number of sulfonamides is 1. The first-order valence-electron chi connectivity index (χ1n) is 8.18. The Bertz CT molecular complexity index is 725. The van der Waals surface area contributed by atoms with Gasteiger partial charge in [0.25, 0.3) is 10.0 Å². The second-order valence-electron chi connectivity index (χ2n) is 6.87. The molecule has 1 aromatic carbocycles. The maximum absolute atomic E-state index is 12.1. The molecule has 1 aliphatic carbocycles. The first-order valence-corrected chi connectivity index (χ1v) is 9.66. The largest absolute Gasteiger partial charge is 0.377 e. The van der Waals surface area contributed by atoms with Crippen LogP contribution in [-0.4, -0.2) is 33.0 Å². The van der Waals surface area contributed by atoms with Crippen molar-refractivity contribution in [3.63, 3.8) is 0 Å². The quantitative estimate of drug-likeness (QED) is 0.841. The molecule has 2 aliphatic rings. The van der Waals surface area contributed by atoms with Crippen molar-refractivity contribution in [3.05, 3.63) is 29.8 Å². The summed E-state index contributed by atoms with van der Waals surface area (Å²) in [7, 11) is -3.46. The summed E-state index contributed by atoms with van der Waals surface area (Å²) < 4.78 is 32.8. The van der Waals surface area contributed by atoms with Crippen molar-refractivity contribution in [2.75, 3.05) is 6.61 Å². The molecule has 1 fully saturated rings. The van der Waals surface area contributed by atoms with Gasteiger partial charge in [0, 0.05) is 17.6 Å². The lowest BCUT2D eigenvalue weighted by atomic mass is 9.64. The highest BCUT2D eigenvalue weighted by Gasteiger charge is 2.49. The van der Waals surface area contributed by atoms with Crippen LogP contribution in [0.5, 0.6) is 0 Å². The van der Waals surface area contributed by atoms with E-state index in [1.807, 2.05) is 6.07 Å². The number of hydrogen-bond donors (Lipinski definition) is 1. The predicted molar refractivity (Wildman–Crippen MR) is 90.1 cm³/mol. The van der Waals surface area contributed by atoms with Gasteiger partial charge in [0.1, 0.15) is 5.84 Å². The van der Waals surface area contributed by atoms with Gasteiger partial charge in [-0.25, -0.2) is 8.42 Å². The molecule has 0 spiro atoms. The van der Waals surface area contributed by atoms with E-state index in [4.69, 9.17) is 9.73 Å². The number of amidine groups is 1. The number of ether oxygens (including phenoxy) is 1. The fraction of sp³-hybridized carbons (Fsp3) is 0.588. The first kappa shape index (κ1) is 16.5. The van der Waals surface area contributed by atoms with Crippen LogP contribution >= 0.6 is 0 Å². The van der Waals surface area contributed by atoms with E-state index in [2.05, 4.69) is 25.5 Å². The van der Waals surface area contributed by atoms with Crippen LogP contribution in [0.15, 0.2) is 34.2 Å². The van der Waals surface area contributed by atoms with E-state index in [0.29, 0.717) is 16.3 Å². The maximum Gasteiger partial charge on any atom is 0.263 e. The molecule has 1 saturated carbocycles. The van der Waals surface area contributed by atoms with E-state index in [1.165, 1.54) is 0 Å². The van der Waals surface area contributed by atoms with Crippen LogP contribution < -0.4 is 4.72 Å². The van der Waals surface area contributed by atoms with Crippen molar-refractivity contribution >= 4 is 15.9 Å². The highest BCUT2D eigenvalue weighted by Crippen LogP contribution is 2.45. The monoisotopic (exact) mass is 336 g/mol. The molecule has 2 unspecified atom stereocenters. The highest BCUT2D eigenvalue weighted by atomic mass is 32.2. The van der Waals surface area contributed by atoms with Crippen molar-refractivity contribution in [2.24, 2.45) is 10.4 Å². The molecule has 6 heteroatoms. The van der Waals surface area contributed by atoms with Crippen molar-refractivity contribution in [3.8, 4) is 0 Å². The smallest absolute Gasteiger partial charge is 0.263 e. The molecular weight excluding hydrogens is 312 g/mol. The van der Waals surface area contributed by atoms with E-state index in [1.54, 1.807) is 18.2 Å². The van der Waals surface area contributed by atoms with Gasteiger partial charge in [-0.2, -0.15) is 0 Å². The number of fused-ring (bicyclic) bond motifs is 1. The van der Waals surface area contributed by atoms with Gasteiger partial charge in [-0.05, 0) is 25.0 Å². The summed E-state index contributed by atoms with van der Waals surface area (Å²) >= 11 is 0. The zero-order valence-corrected chi connectivity index (χ0v) is 14.7. The number of nitrogens with one attached hydrogen (secondary N) is 1. The van der Waals surface area contributed by atoms with Gasteiger partial charge in [0.05, 0.1) is 17.0 Å². The van der Waals surface area contributed by atoms with Gasteiger partial charge in [-0.3, -0.25) is 9.71 Å². The Hall–Kier alpha value is -1.40. The Morgan fingerprint density at radius 1 is 1.35 bits per heavy atom. The van der Waals surface area contributed by atoms with Gasteiger partial charge >= 0.3 is 0 Å². The van der Waals surface area contributed by atoms with E-state index in [9.17, 15) is 8.42 Å². The van der Waals surface area contributed by atoms with Crippen molar-refractivity contribution in [1.82, 2.24) is 4.72 Å². The van der Waals surface area contributed by atoms with Gasteiger partial charge < -0.3 is 4.74 Å². The van der Waals surface area contributed by atoms with Crippen LogP contribution in [0.2, 0.25) is 0 Å². The lowest BCUT2D eigenvalue weighted by Crippen LogP contribution is -2.54. The van der Waals surface area contributed by atoms with E-state index in [0.717, 1.165) is 25.9 Å². The molecular formula is C17H24N2O3S. The zero-order valence-electron chi connectivity index (χ0n) is 13.9. The van der Waals surface area contributed by atoms with Gasteiger partial charge in [0.2, 0.25) is 0 Å². The van der Waals surface area contributed by atoms with Crippen LogP contribution in [0.25, 0.3) is 0 Å². The number of hydrogen-bond acceptors (Lipinski definition) is 4. The van der Waals surface area contributed by atoms with Crippen LogP contribution in [0, 0.1) is 5.41 Å². The third-order valence-electron chi connectivity index (χ3n) is 4.89. The van der Waals surface area contributed by atoms with Crippen molar-refractivity contribution in [2.45, 2.75) is 57.1 Å². The summed E-state index contributed by atoms with van der Waals surface area (Å²) in [5, 5.41) is 0. The van der Waals surface area contributed by atoms with Crippen LogP contribution in [0.4, 0.5) is 0 Å². The number of nitrogens with zero attached hydrogens (tertiary/aromatic N) is 1. The topological polar surface area (TPSA) is 67.8 Å². The SMILES string of the molecule is CCCCOC1CC(N=C2NS(=O)(=O)c3ccccc32)C1(C)C. The van der Waals surface area contributed by atoms with Gasteiger partial charge in [-0.1, -0.05) is 39.3 Å². The summed E-state index contributed by atoms with van der Waals surface area (Å²) in [5.41, 5.74) is 0.586. The molecule has 0 saturated heterocycles. The summed E-state index contributed by atoms with van der Waals surface area (Å²) in [4.78, 5) is 5.01. The molecule has 0 radical (unpaired) electrons. The molecule has 5 nitrogen and oxygen atoms in total. The second-order valence-corrected chi connectivity index (χ2v) is 8.52. The molecule has 23 heavy (non-hydrogen) atoms. The molecule has 1 aromatic rings. The van der Waals surface area contributed by atoms with E-state index < -0.39 is 10.0 Å². The Kier molecular flexibility index (Phi) is 4.23. The van der Waals surface area contributed by atoms with Crippen molar-refractivity contribution < 1.29 is 13.2 Å². The number of benzene rings is 1.